The Balaban J connectivity index is 1.80. The van der Waals surface area contributed by atoms with Gasteiger partial charge in [0.2, 0.25) is 5.91 Å². The van der Waals surface area contributed by atoms with E-state index in [-0.39, 0.29) is 35.2 Å². The van der Waals surface area contributed by atoms with Gasteiger partial charge in [0.15, 0.2) is 0 Å². The Bertz CT molecular complexity index is 482. The van der Waals surface area contributed by atoms with E-state index >= 15 is 0 Å². The van der Waals surface area contributed by atoms with Gasteiger partial charge in [0, 0.05) is 6.04 Å². The van der Waals surface area contributed by atoms with Crippen molar-refractivity contribution in [3.8, 4) is 0 Å². The highest BCUT2D eigenvalue weighted by Crippen LogP contribution is 2.44. The van der Waals surface area contributed by atoms with Crippen LogP contribution in [0.15, 0.2) is 0 Å². The quantitative estimate of drug-likeness (QED) is 0.803. The van der Waals surface area contributed by atoms with Gasteiger partial charge in [0.25, 0.3) is 0 Å². The van der Waals surface area contributed by atoms with Crippen molar-refractivity contribution in [2.75, 3.05) is 11.5 Å². The molecule has 1 amide bonds. The second-order valence-corrected chi connectivity index (χ2v) is 8.81. The molecule has 3 fully saturated rings. The molecular formula is C13H22N2O3S. The van der Waals surface area contributed by atoms with Crippen LogP contribution in [-0.4, -0.2) is 48.5 Å². The zero-order valence-corrected chi connectivity index (χ0v) is 12.4. The summed E-state index contributed by atoms with van der Waals surface area (Å²) in [7, 11) is -2.87. The molecule has 0 bridgehead atoms. The molecule has 6 heteroatoms. The van der Waals surface area contributed by atoms with E-state index in [0.29, 0.717) is 18.8 Å². The first kappa shape index (κ1) is 13.4. The molecular weight excluding hydrogens is 264 g/mol. The summed E-state index contributed by atoms with van der Waals surface area (Å²) >= 11 is 0. The van der Waals surface area contributed by atoms with Gasteiger partial charge in [-0.05, 0) is 31.6 Å². The highest BCUT2D eigenvalue weighted by Gasteiger charge is 2.60. The van der Waals surface area contributed by atoms with Crippen LogP contribution in [0.3, 0.4) is 0 Å². The van der Waals surface area contributed by atoms with E-state index < -0.39 is 9.84 Å². The molecule has 108 valence electrons. The Hall–Kier alpha value is -0.620. The lowest BCUT2D eigenvalue weighted by molar-refractivity contribution is -0.133. The summed E-state index contributed by atoms with van der Waals surface area (Å²) in [6.45, 7) is 4.22. The third-order valence-corrected chi connectivity index (χ3v) is 6.38. The van der Waals surface area contributed by atoms with E-state index in [2.05, 4.69) is 19.2 Å². The van der Waals surface area contributed by atoms with Crippen molar-refractivity contribution in [3.63, 3.8) is 0 Å². The summed E-state index contributed by atoms with van der Waals surface area (Å²) in [5.41, 5.74) is -0.300. The monoisotopic (exact) mass is 286 g/mol. The van der Waals surface area contributed by atoms with Gasteiger partial charge in [-0.1, -0.05) is 13.8 Å². The molecule has 1 aliphatic carbocycles. The molecule has 0 aromatic heterocycles. The molecule has 1 unspecified atom stereocenters. The average Bonchev–Trinajstić information content (AvgIpc) is 3.04. The van der Waals surface area contributed by atoms with Gasteiger partial charge in [-0.15, -0.1) is 0 Å². The zero-order valence-electron chi connectivity index (χ0n) is 11.6. The van der Waals surface area contributed by atoms with E-state index in [9.17, 15) is 13.2 Å². The van der Waals surface area contributed by atoms with Gasteiger partial charge in [-0.2, -0.15) is 0 Å². The first-order valence-electron chi connectivity index (χ1n) is 7.16. The standard InChI is InChI=1S/C13H22N2O3S/c1-9(2)11-14-13(5-6-13)12(16)15(11)10-3-7-19(17,18)8-4-10/h9-11,14H,3-8H2,1-2H3. The van der Waals surface area contributed by atoms with Gasteiger partial charge in [0.1, 0.15) is 9.84 Å². The SMILES string of the molecule is CC(C)C1NC2(CC2)C(=O)N1C1CCS(=O)(=O)CC1. The number of nitrogens with zero attached hydrogens (tertiary/aromatic N) is 1. The summed E-state index contributed by atoms with van der Waals surface area (Å²) in [4.78, 5) is 14.5. The van der Waals surface area contributed by atoms with Crippen LogP contribution in [0.2, 0.25) is 0 Å². The Labute approximate surface area is 114 Å². The molecule has 0 aromatic rings. The molecule has 0 aromatic carbocycles. The van der Waals surface area contributed by atoms with Crippen LogP contribution in [-0.2, 0) is 14.6 Å². The van der Waals surface area contributed by atoms with E-state index in [1.54, 1.807) is 0 Å². The van der Waals surface area contributed by atoms with E-state index in [1.807, 2.05) is 4.90 Å². The molecule has 2 saturated heterocycles. The minimum Gasteiger partial charge on any atom is -0.322 e. The molecule has 5 nitrogen and oxygen atoms in total. The topological polar surface area (TPSA) is 66.5 Å². The molecule has 3 aliphatic rings. The Morgan fingerprint density at radius 1 is 1.26 bits per heavy atom. The molecule has 1 atom stereocenters. The number of amides is 1. The first-order valence-corrected chi connectivity index (χ1v) is 8.98. The smallest absolute Gasteiger partial charge is 0.244 e. The van der Waals surface area contributed by atoms with E-state index in [1.165, 1.54) is 0 Å². The maximum absolute atomic E-state index is 12.6. The first-order chi connectivity index (χ1) is 8.85. The largest absolute Gasteiger partial charge is 0.322 e. The second kappa shape index (κ2) is 4.19. The normalized spacial score (nSPS) is 33.3. The number of carbonyl (C=O) groups excluding carboxylic acids is 1. The lowest BCUT2D eigenvalue weighted by Gasteiger charge is -2.36. The molecule has 3 rings (SSSR count). The lowest BCUT2D eigenvalue weighted by atomic mass is 10.1. The predicted molar refractivity (Wildman–Crippen MR) is 72.2 cm³/mol. The van der Waals surface area contributed by atoms with Crippen molar-refractivity contribution < 1.29 is 13.2 Å². The summed E-state index contributed by atoms with van der Waals surface area (Å²) in [5.74, 6) is 0.997. The van der Waals surface area contributed by atoms with Gasteiger partial charge in [0.05, 0.1) is 23.2 Å². The fraction of sp³-hybridized carbons (Fsp3) is 0.923. The molecule has 2 aliphatic heterocycles. The molecule has 2 heterocycles. The molecule has 0 radical (unpaired) electrons. The van der Waals surface area contributed by atoms with Crippen LogP contribution in [0, 0.1) is 5.92 Å². The summed E-state index contributed by atoms with van der Waals surface area (Å²) < 4.78 is 23.1. The molecule has 1 N–H and O–H groups in total. The van der Waals surface area contributed by atoms with Crippen molar-refractivity contribution in [1.82, 2.24) is 10.2 Å². The maximum Gasteiger partial charge on any atom is 0.244 e. The predicted octanol–water partition coefficient (Wildman–Crippen LogP) is 0.510. The van der Waals surface area contributed by atoms with Gasteiger partial charge >= 0.3 is 0 Å². The fourth-order valence-electron chi connectivity index (χ4n) is 3.31. The van der Waals surface area contributed by atoms with Gasteiger partial charge in [-0.25, -0.2) is 8.42 Å². The van der Waals surface area contributed by atoms with Crippen molar-refractivity contribution in [1.29, 1.82) is 0 Å². The van der Waals surface area contributed by atoms with E-state index in [4.69, 9.17) is 0 Å². The number of carbonyl (C=O) groups is 1. The number of hydrogen-bond donors (Lipinski definition) is 1. The van der Waals surface area contributed by atoms with Crippen molar-refractivity contribution in [3.05, 3.63) is 0 Å². The Morgan fingerprint density at radius 2 is 1.84 bits per heavy atom. The molecule has 19 heavy (non-hydrogen) atoms. The Morgan fingerprint density at radius 3 is 2.32 bits per heavy atom. The van der Waals surface area contributed by atoms with Gasteiger partial charge in [-0.3, -0.25) is 10.1 Å². The number of hydrogen-bond acceptors (Lipinski definition) is 4. The molecule has 1 spiro atoms. The van der Waals surface area contributed by atoms with Crippen molar-refractivity contribution in [2.45, 2.75) is 57.3 Å². The average molecular weight is 286 g/mol. The fourth-order valence-corrected chi connectivity index (χ4v) is 4.77. The van der Waals surface area contributed by atoms with E-state index in [0.717, 1.165) is 12.8 Å². The second-order valence-electron chi connectivity index (χ2n) is 6.51. The number of sulfone groups is 1. The van der Waals surface area contributed by atoms with Crippen LogP contribution < -0.4 is 5.32 Å². The highest BCUT2D eigenvalue weighted by molar-refractivity contribution is 7.91. The van der Waals surface area contributed by atoms with Crippen LogP contribution in [0.5, 0.6) is 0 Å². The third kappa shape index (κ3) is 2.18. The number of nitrogens with one attached hydrogen (secondary N) is 1. The van der Waals surface area contributed by atoms with Crippen LogP contribution in [0.4, 0.5) is 0 Å². The molecule has 1 saturated carbocycles. The van der Waals surface area contributed by atoms with Crippen LogP contribution in [0.25, 0.3) is 0 Å². The lowest BCUT2D eigenvalue weighted by Crippen LogP contribution is -2.50. The maximum atomic E-state index is 12.6. The minimum absolute atomic E-state index is 0.0702. The highest BCUT2D eigenvalue weighted by atomic mass is 32.2. The Kier molecular flexibility index (Phi) is 2.94. The summed E-state index contributed by atoms with van der Waals surface area (Å²) in [5, 5.41) is 3.49. The van der Waals surface area contributed by atoms with Crippen molar-refractivity contribution >= 4 is 15.7 Å². The summed E-state index contributed by atoms with van der Waals surface area (Å²) in [6, 6.07) is 0.0934. The summed E-state index contributed by atoms with van der Waals surface area (Å²) in [6.07, 6.45) is 3.11. The van der Waals surface area contributed by atoms with Gasteiger partial charge < -0.3 is 4.90 Å². The van der Waals surface area contributed by atoms with Crippen LogP contribution in [0.1, 0.15) is 39.5 Å². The number of rotatable bonds is 2. The zero-order chi connectivity index (χ0) is 13.8. The third-order valence-electron chi connectivity index (χ3n) is 4.67. The van der Waals surface area contributed by atoms with Crippen LogP contribution >= 0.6 is 0 Å². The minimum atomic E-state index is -2.87. The van der Waals surface area contributed by atoms with Crippen molar-refractivity contribution in [2.24, 2.45) is 5.92 Å².